The van der Waals surface area contributed by atoms with Crippen molar-refractivity contribution < 1.29 is 4.74 Å². The fourth-order valence-electron chi connectivity index (χ4n) is 0.795. The summed E-state index contributed by atoms with van der Waals surface area (Å²) in [6.45, 7) is 5.92. The number of nitrogens with one attached hydrogen (secondary N) is 1. The Morgan fingerprint density at radius 3 is 3.17 bits per heavy atom. The van der Waals surface area contributed by atoms with Crippen molar-refractivity contribution in [3.8, 4) is 0 Å². The van der Waals surface area contributed by atoms with Crippen molar-refractivity contribution in [1.29, 1.82) is 0 Å². The van der Waals surface area contributed by atoms with Crippen LogP contribution in [-0.2, 0) is 4.74 Å². The van der Waals surface area contributed by atoms with Crippen molar-refractivity contribution in [2.75, 3.05) is 6.61 Å². The van der Waals surface area contributed by atoms with Gasteiger partial charge in [-0.15, -0.1) is 0 Å². The minimum Gasteiger partial charge on any atom is -0.494 e. The highest BCUT2D eigenvalue weighted by atomic mass is 16.5. The van der Waals surface area contributed by atoms with Gasteiger partial charge in [-0.3, -0.25) is 4.79 Å². The van der Waals surface area contributed by atoms with Gasteiger partial charge in [0.1, 0.15) is 5.76 Å². The summed E-state index contributed by atoms with van der Waals surface area (Å²) >= 11 is 0. The molecule has 4 nitrogen and oxygen atoms in total. The first kappa shape index (κ1) is 8.52. The molecule has 0 bridgehead atoms. The molecular weight excluding hydrogens is 156 g/mol. The van der Waals surface area contributed by atoms with Crippen LogP contribution >= 0.6 is 0 Å². The topological polar surface area (TPSA) is 55.0 Å². The quantitative estimate of drug-likeness (QED) is 0.675. The molecule has 1 aromatic heterocycles. The second-order valence-corrected chi connectivity index (χ2v) is 2.15. The Balaban J connectivity index is 2.95. The van der Waals surface area contributed by atoms with Crippen LogP contribution in [0.4, 0.5) is 0 Å². The lowest BCUT2D eigenvalue weighted by Gasteiger charge is -2.03. The zero-order valence-electron chi connectivity index (χ0n) is 6.83. The van der Waals surface area contributed by atoms with Gasteiger partial charge in [-0.25, -0.2) is 4.98 Å². The number of aromatic nitrogens is 2. The highest BCUT2D eigenvalue weighted by Crippen LogP contribution is 2.05. The zero-order valence-corrected chi connectivity index (χ0v) is 6.83. The fraction of sp³-hybridized carbons (Fsp3) is 0.250. The molecule has 4 heteroatoms. The van der Waals surface area contributed by atoms with E-state index in [9.17, 15) is 4.79 Å². The van der Waals surface area contributed by atoms with Crippen LogP contribution in [0.1, 0.15) is 12.5 Å². The maximum atomic E-state index is 11.1. The van der Waals surface area contributed by atoms with Crippen LogP contribution in [0.3, 0.4) is 0 Å². The van der Waals surface area contributed by atoms with Crippen LogP contribution in [0.25, 0.3) is 5.76 Å². The van der Waals surface area contributed by atoms with Crippen molar-refractivity contribution in [3.63, 3.8) is 0 Å². The first-order valence-corrected chi connectivity index (χ1v) is 3.60. The smallest absolute Gasteiger partial charge is 0.261 e. The molecular formula is C8H10N2O2. The van der Waals surface area contributed by atoms with Crippen LogP contribution in [0, 0.1) is 0 Å². The summed E-state index contributed by atoms with van der Waals surface area (Å²) in [7, 11) is 0. The van der Waals surface area contributed by atoms with E-state index in [2.05, 4.69) is 16.5 Å². The molecule has 0 radical (unpaired) electrons. The van der Waals surface area contributed by atoms with E-state index in [0.717, 1.165) is 0 Å². The van der Waals surface area contributed by atoms with Gasteiger partial charge in [-0.2, -0.15) is 0 Å². The summed E-state index contributed by atoms with van der Waals surface area (Å²) in [6, 6.07) is 0. The Hall–Kier alpha value is -1.58. The van der Waals surface area contributed by atoms with Gasteiger partial charge in [0, 0.05) is 6.20 Å². The Morgan fingerprint density at radius 1 is 1.83 bits per heavy atom. The van der Waals surface area contributed by atoms with Crippen molar-refractivity contribution in [2.24, 2.45) is 0 Å². The van der Waals surface area contributed by atoms with Crippen LogP contribution in [0.15, 0.2) is 23.9 Å². The Labute approximate surface area is 69.9 Å². The summed E-state index contributed by atoms with van der Waals surface area (Å²) in [5, 5.41) is 0. The highest BCUT2D eigenvalue weighted by molar-refractivity contribution is 5.54. The molecule has 0 aromatic carbocycles. The summed E-state index contributed by atoms with van der Waals surface area (Å²) in [4.78, 5) is 17.3. The number of nitrogens with zero attached hydrogens (tertiary/aromatic N) is 1. The molecule has 0 fully saturated rings. The Morgan fingerprint density at radius 2 is 2.58 bits per heavy atom. The minimum absolute atomic E-state index is 0.233. The highest BCUT2D eigenvalue weighted by Gasteiger charge is 2.03. The molecule has 64 valence electrons. The third-order valence-corrected chi connectivity index (χ3v) is 1.34. The third kappa shape index (κ3) is 1.72. The van der Waals surface area contributed by atoms with E-state index in [0.29, 0.717) is 17.9 Å². The number of ether oxygens (including phenoxy) is 1. The monoisotopic (exact) mass is 166 g/mol. The molecule has 1 N–H and O–H groups in total. The van der Waals surface area contributed by atoms with Crippen molar-refractivity contribution in [2.45, 2.75) is 6.92 Å². The van der Waals surface area contributed by atoms with Crippen LogP contribution in [0.2, 0.25) is 0 Å². The number of hydrogen-bond acceptors (Lipinski definition) is 3. The van der Waals surface area contributed by atoms with E-state index in [1.165, 1.54) is 12.5 Å². The molecule has 0 atom stereocenters. The van der Waals surface area contributed by atoms with E-state index < -0.39 is 0 Å². The van der Waals surface area contributed by atoms with Gasteiger partial charge in [-0.1, -0.05) is 6.58 Å². The number of hydrogen-bond donors (Lipinski definition) is 1. The van der Waals surface area contributed by atoms with E-state index in [1.807, 2.05) is 6.92 Å². The molecule has 0 spiro atoms. The maximum absolute atomic E-state index is 11.1. The molecule has 0 aliphatic carbocycles. The van der Waals surface area contributed by atoms with Crippen LogP contribution in [-0.4, -0.2) is 16.6 Å². The minimum atomic E-state index is -0.233. The van der Waals surface area contributed by atoms with E-state index in [4.69, 9.17) is 4.74 Å². The summed E-state index contributed by atoms with van der Waals surface area (Å²) < 4.78 is 5.05. The molecule has 0 unspecified atom stereocenters. The molecule has 1 aromatic rings. The fourth-order valence-corrected chi connectivity index (χ4v) is 0.795. The Kier molecular flexibility index (Phi) is 2.63. The van der Waals surface area contributed by atoms with E-state index in [-0.39, 0.29) is 5.56 Å². The lowest BCUT2D eigenvalue weighted by atomic mass is 10.3. The van der Waals surface area contributed by atoms with Gasteiger partial charge in [-0.05, 0) is 6.92 Å². The zero-order chi connectivity index (χ0) is 8.97. The Bertz CT molecular complexity index is 330. The van der Waals surface area contributed by atoms with Crippen molar-refractivity contribution in [1.82, 2.24) is 9.97 Å². The van der Waals surface area contributed by atoms with Gasteiger partial charge >= 0.3 is 0 Å². The molecule has 1 heterocycles. The number of H-pyrrole nitrogens is 1. The van der Waals surface area contributed by atoms with Crippen molar-refractivity contribution in [3.05, 3.63) is 35.0 Å². The van der Waals surface area contributed by atoms with E-state index >= 15 is 0 Å². The van der Waals surface area contributed by atoms with Crippen molar-refractivity contribution >= 4 is 5.76 Å². The van der Waals surface area contributed by atoms with Crippen LogP contribution < -0.4 is 5.56 Å². The molecule has 0 saturated heterocycles. The second-order valence-electron chi connectivity index (χ2n) is 2.15. The summed E-state index contributed by atoms with van der Waals surface area (Å²) in [5.74, 6) is 0.354. The van der Waals surface area contributed by atoms with Gasteiger partial charge in [0.05, 0.1) is 18.5 Å². The average molecular weight is 166 g/mol. The first-order chi connectivity index (χ1) is 5.75. The number of rotatable bonds is 3. The summed E-state index contributed by atoms with van der Waals surface area (Å²) in [5.41, 5.74) is 0.141. The molecule has 12 heavy (non-hydrogen) atoms. The van der Waals surface area contributed by atoms with Gasteiger partial charge in [0.2, 0.25) is 0 Å². The number of aromatic amines is 1. The lowest BCUT2D eigenvalue weighted by molar-refractivity contribution is 0.298. The lowest BCUT2D eigenvalue weighted by Crippen LogP contribution is -2.12. The predicted octanol–water partition coefficient (Wildman–Crippen LogP) is 0.777. The molecule has 0 saturated carbocycles. The van der Waals surface area contributed by atoms with Gasteiger partial charge in [0.15, 0.2) is 0 Å². The molecule has 0 aliphatic rings. The SMILES string of the molecule is C=C(OCC)c1cnc[nH]c1=O. The van der Waals surface area contributed by atoms with Crippen LogP contribution in [0.5, 0.6) is 0 Å². The van der Waals surface area contributed by atoms with E-state index in [1.54, 1.807) is 0 Å². The third-order valence-electron chi connectivity index (χ3n) is 1.34. The second kappa shape index (κ2) is 3.71. The summed E-state index contributed by atoms with van der Waals surface area (Å²) in [6.07, 6.45) is 2.75. The van der Waals surface area contributed by atoms with Gasteiger partial charge < -0.3 is 9.72 Å². The standard InChI is InChI=1S/C8H10N2O2/c1-3-12-6(2)7-4-9-5-10-8(7)11/h4-5H,2-3H2,1H3,(H,9,10,11). The average Bonchev–Trinajstić information content (AvgIpc) is 2.05. The first-order valence-electron chi connectivity index (χ1n) is 3.60. The molecule has 0 aliphatic heterocycles. The van der Waals surface area contributed by atoms with Gasteiger partial charge in [0.25, 0.3) is 5.56 Å². The molecule has 1 rings (SSSR count). The largest absolute Gasteiger partial charge is 0.494 e. The predicted molar refractivity (Wildman–Crippen MR) is 45.5 cm³/mol. The maximum Gasteiger partial charge on any atom is 0.261 e. The normalized spacial score (nSPS) is 9.42. The molecule has 0 amide bonds.